The number of carbonyl (C=O) groups excluding carboxylic acids is 2. The highest BCUT2D eigenvalue weighted by molar-refractivity contribution is 7.89. The van der Waals surface area contributed by atoms with Crippen molar-refractivity contribution >= 4 is 50.1 Å². The van der Waals surface area contributed by atoms with Gasteiger partial charge in [0.1, 0.15) is 5.82 Å². The molecule has 172 valence electrons. The van der Waals surface area contributed by atoms with Crippen LogP contribution in [0.1, 0.15) is 25.1 Å². The molecule has 0 unspecified atom stereocenters. The number of nitrogens with zero attached hydrogens (tertiary/aromatic N) is 3. The fraction of sp³-hybridized carbons (Fsp3) is 0.174. The first-order valence-corrected chi connectivity index (χ1v) is 12.3. The zero-order valence-corrected chi connectivity index (χ0v) is 19.9. The van der Waals surface area contributed by atoms with Gasteiger partial charge in [0.05, 0.1) is 16.3 Å². The number of hydrogen-bond donors (Lipinski definition) is 0. The first-order valence-electron chi connectivity index (χ1n) is 9.97. The van der Waals surface area contributed by atoms with E-state index in [1.165, 1.54) is 43.3 Å². The summed E-state index contributed by atoms with van der Waals surface area (Å²) in [7, 11) is -4.01. The Morgan fingerprint density at radius 1 is 1.12 bits per heavy atom. The van der Waals surface area contributed by atoms with Crippen LogP contribution in [0.3, 0.4) is 0 Å². The fourth-order valence-electron chi connectivity index (χ4n) is 3.02. The minimum Gasteiger partial charge on any atom is -0.274 e. The zero-order chi connectivity index (χ0) is 24.2. The number of para-hydroxylation sites is 1. The average Bonchev–Trinajstić information content (AvgIpc) is 3.22. The summed E-state index contributed by atoms with van der Waals surface area (Å²) in [5, 5.41) is 1.81. The highest BCUT2D eigenvalue weighted by Gasteiger charge is 2.26. The van der Waals surface area contributed by atoms with E-state index in [0.717, 1.165) is 32.2 Å². The molecule has 0 N–H and O–H groups in total. The third kappa shape index (κ3) is 5.35. The lowest BCUT2D eigenvalue weighted by atomic mass is 10.2. The van der Waals surface area contributed by atoms with Crippen molar-refractivity contribution in [1.82, 2.24) is 9.29 Å². The lowest BCUT2D eigenvalue weighted by Crippen LogP contribution is -2.35. The van der Waals surface area contributed by atoms with E-state index in [4.69, 9.17) is 0 Å². The van der Waals surface area contributed by atoms with Crippen LogP contribution in [0.4, 0.5) is 15.2 Å². The van der Waals surface area contributed by atoms with Crippen LogP contribution < -0.4 is 4.90 Å². The number of amides is 2. The summed E-state index contributed by atoms with van der Waals surface area (Å²) in [6.45, 7) is 4.65. The number of aromatic nitrogens is 1. The molecule has 0 fully saturated rings. The van der Waals surface area contributed by atoms with Crippen LogP contribution in [0, 0.1) is 12.7 Å². The standard InChI is InChI=1S/C23H22FN3O4S2/c1-4-26(33(30,31)19-12-9-16(2)10-13-19)22(29)14-11-18-15-32-23(25-18)27(17(3)28)21-8-6-5-7-20(21)24/h5-15H,4H2,1-3H3/b14-11+. The first-order chi connectivity index (χ1) is 15.6. The predicted molar refractivity (Wildman–Crippen MR) is 126 cm³/mol. The third-order valence-electron chi connectivity index (χ3n) is 4.65. The summed E-state index contributed by atoms with van der Waals surface area (Å²) in [5.41, 5.74) is 1.29. The molecule has 0 atom stereocenters. The number of anilines is 2. The van der Waals surface area contributed by atoms with Crippen molar-refractivity contribution in [2.75, 3.05) is 11.4 Å². The van der Waals surface area contributed by atoms with Gasteiger partial charge in [0.15, 0.2) is 5.13 Å². The summed E-state index contributed by atoms with van der Waals surface area (Å²) < 4.78 is 40.7. The molecule has 0 spiro atoms. The van der Waals surface area contributed by atoms with Crippen molar-refractivity contribution in [3.05, 3.63) is 77.1 Å². The summed E-state index contributed by atoms with van der Waals surface area (Å²) in [6.07, 6.45) is 2.46. The maximum Gasteiger partial charge on any atom is 0.266 e. The second-order valence-electron chi connectivity index (χ2n) is 7.02. The van der Waals surface area contributed by atoms with E-state index in [9.17, 15) is 22.4 Å². The minimum atomic E-state index is -4.01. The molecule has 0 saturated heterocycles. The molecule has 10 heteroatoms. The lowest BCUT2D eigenvalue weighted by Gasteiger charge is -2.19. The van der Waals surface area contributed by atoms with E-state index in [1.54, 1.807) is 30.5 Å². The Labute approximate surface area is 195 Å². The number of sulfonamides is 1. The Bertz CT molecular complexity index is 1300. The van der Waals surface area contributed by atoms with Gasteiger partial charge in [0.25, 0.3) is 15.9 Å². The molecule has 0 bridgehead atoms. The molecule has 3 rings (SSSR count). The van der Waals surface area contributed by atoms with Crippen molar-refractivity contribution in [3.63, 3.8) is 0 Å². The Hall–Kier alpha value is -3.37. The van der Waals surface area contributed by atoms with Gasteiger partial charge in [-0.15, -0.1) is 11.3 Å². The van der Waals surface area contributed by atoms with E-state index in [-0.39, 0.29) is 22.3 Å². The monoisotopic (exact) mass is 487 g/mol. The molecule has 0 saturated carbocycles. The van der Waals surface area contributed by atoms with E-state index in [2.05, 4.69) is 4.98 Å². The molecule has 1 aromatic heterocycles. The fourth-order valence-corrected chi connectivity index (χ4v) is 5.24. The lowest BCUT2D eigenvalue weighted by molar-refractivity contribution is -0.121. The molecule has 2 amide bonds. The average molecular weight is 488 g/mol. The van der Waals surface area contributed by atoms with Gasteiger partial charge in [-0.1, -0.05) is 29.8 Å². The van der Waals surface area contributed by atoms with E-state index < -0.39 is 27.7 Å². The number of aryl methyl sites for hydroxylation is 1. The summed E-state index contributed by atoms with van der Waals surface area (Å²) >= 11 is 1.09. The largest absolute Gasteiger partial charge is 0.274 e. The molecule has 3 aromatic rings. The SMILES string of the molecule is CCN(C(=O)/C=C/c1csc(N(C(C)=O)c2ccccc2F)n1)S(=O)(=O)c1ccc(C)cc1. The number of halogens is 1. The molecule has 0 aliphatic carbocycles. The van der Waals surface area contributed by atoms with Gasteiger partial charge in [-0.05, 0) is 44.2 Å². The molecule has 33 heavy (non-hydrogen) atoms. The summed E-state index contributed by atoms with van der Waals surface area (Å²) in [6, 6.07) is 12.1. The first kappa shape index (κ1) is 24.3. The van der Waals surface area contributed by atoms with Crippen molar-refractivity contribution in [1.29, 1.82) is 0 Å². The molecule has 2 aromatic carbocycles. The number of hydrogen-bond acceptors (Lipinski definition) is 6. The zero-order valence-electron chi connectivity index (χ0n) is 18.2. The summed E-state index contributed by atoms with van der Waals surface area (Å²) in [5.74, 6) is -1.73. The number of likely N-dealkylation sites (N-methyl/N-ethyl adjacent to an activating group) is 1. The molecule has 0 aliphatic heterocycles. The van der Waals surface area contributed by atoms with Crippen LogP contribution >= 0.6 is 11.3 Å². The maximum atomic E-state index is 14.2. The van der Waals surface area contributed by atoms with Gasteiger partial charge in [-0.25, -0.2) is 22.1 Å². The smallest absolute Gasteiger partial charge is 0.266 e. The highest BCUT2D eigenvalue weighted by Crippen LogP contribution is 2.31. The molecular formula is C23H22FN3O4S2. The third-order valence-corrected chi connectivity index (χ3v) is 7.38. The van der Waals surface area contributed by atoms with E-state index >= 15 is 0 Å². The molecular weight excluding hydrogens is 465 g/mol. The van der Waals surface area contributed by atoms with Crippen molar-refractivity contribution < 1.29 is 22.4 Å². The van der Waals surface area contributed by atoms with Crippen LogP contribution in [0.2, 0.25) is 0 Å². The van der Waals surface area contributed by atoms with Crippen LogP contribution in [0.25, 0.3) is 6.08 Å². The highest BCUT2D eigenvalue weighted by atomic mass is 32.2. The van der Waals surface area contributed by atoms with Crippen molar-refractivity contribution in [2.24, 2.45) is 0 Å². The van der Waals surface area contributed by atoms with Crippen LogP contribution in [0.5, 0.6) is 0 Å². The Morgan fingerprint density at radius 3 is 2.39 bits per heavy atom. The van der Waals surface area contributed by atoms with E-state index in [1.807, 2.05) is 6.92 Å². The number of rotatable bonds is 7. The second-order valence-corrected chi connectivity index (χ2v) is 9.71. The number of benzene rings is 2. The molecule has 0 radical (unpaired) electrons. The van der Waals surface area contributed by atoms with Crippen LogP contribution in [-0.4, -0.2) is 36.1 Å². The van der Waals surface area contributed by atoms with Crippen molar-refractivity contribution in [2.45, 2.75) is 25.7 Å². The van der Waals surface area contributed by atoms with Gasteiger partial charge < -0.3 is 0 Å². The topological polar surface area (TPSA) is 87.7 Å². The van der Waals surface area contributed by atoms with Crippen LogP contribution in [0.15, 0.2) is 64.9 Å². The van der Waals surface area contributed by atoms with Gasteiger partial charge in [0, 0.05) is 24.9 Å². The number of thiazole rings is 1. The Kier molecular flexibility index (Phi) is 7.39. The van der Waals surface area contributed by atoms with Gasteiger partial charge in [0.2, 0.25) is 5.91 Å². The molecule has 1 heterocycles. The quantitative estimate of drug-likeness (QED) is 0.457. The maximum absolute atomic E-state index is 14.2. The predicted octanol–water partition coefficient (Wildman–Crippen LogP) is 4.53. The van der Waals surface area contributed by atoms with Gasteiger partial charge in [-0.3, -0.25) is 14.5 Å². The molecule has 7 nitrogen and oxygen atoms in total. The van der Waals surface area contributed by atoms with E-state index in [0.29, 0.717) is 5.69 Å². The molecule has 0 aliphatic rings. The van der Waals surface area contributed by atoms with Crippen LogP contribution in [-0.2, 0) is 19.6 Å². The van der Waals surface area contributed by atoms with Gasteiger partial charge >= 0.3 is 0 Å². The normalized spacial score (nSPS) is 11.5. The van der Waals surface area contributed by atoms with Crippen molar-refractivity contribution in [3.8, 4) is 0 Å². The minimum absolute atomic E-state index is 0.0228. The number of carbonyl (C=O) groups is 2. The Morgan fingerprint density at radius 2 is 1.79 bits per heavy atom. The second kappa shape index (κ2) is 10.1. The van der Waals surface area contributed by atoms with Gasteiger partial charge in [-0.2, -0.15) is 0 Å². The Balaban J connectivity index is 1.83. The summed E-state index contributed by atoms with van der Waals surface area (Å²) in [4.78, 5) is 30.3.